The zero-order chi connectivity index (χ0) is 22.7. The first-order valence-corrected chi connectivity index (χ1v) is 11.7. The normalized spacial score (nSPS) is 11.7. The van der Waals surface area contributed by atoms with Gasteiger partial charge in [-0.1, -0.05) is 36.3 Å². The van der Waals surface area contributed by atoms with Crippen molar-refractivity contribution in [1.82, 2.24) is 0 Å². The molecule has 0 aliphatic rings. The van der Waals surface area contributed by atoms with Crippen LogP contribution in [-0.2, 0) is 32.6 Å². The highest BCUT2D eigenvalue weighted by Gasteiger charge is 2.09. The molecule has 0 aliphatic carbocycles. The standard InChI is InChI=1S/C22H27NO7S/c1-3-12-29-23-19(16-22(24)25)14-18-5-4-6-21(15-18)28-13-11-17-7-9-20(10-8-17)30-31(2,26)27/h4-10,15H,3,11-14,16H2,1-2H3,(H,24,25)/b23-19+. The minimum absolute atomic E-state index is 0.187. The van der Waals surface area contributed by atoms with Gasteiger partial charge in [-0.15, -0.1) is 0 Å². The quantitative estimate of drug-likeness (QED) is 0.216. The molecular formula is C22H27NO7S. The van der Waals surface area contributed by atoms with Gasteiger partial charge in [-0.05, 0) is 41.8 Å². The number of oxime groups is 1. The second-order valence-electron chi connectivity index (χ2n) is 6.92. The number of hydrogen-bond acceptors (Lipinski definition) is 7. The van der Waals surface area contributed by atoms with Crippen LogP contribution in [-0.4, -0.2) is 44.7 Å². The van der Waals surface area contributed by atoms with Crippen LogP contribution >= 0.6 is 0 Å². The second kappa shape index (κ2) is 11.9. The van der Waals surface area contributed by atoms with Gasteiger partial charge < -0.3 is 18.9 Å². The summed E-state index contributed by atoms with van der Waals surface area (Å²) in [5, 5.41) is 13.0. The Morgan fingerprint density at radius 1 is 1.03 bits per heavy atom. The van der Waals surface area contributed by atoms with Gasteiger partial charge in [0.25, 0.3) is 0 Å². The van der Waals surface area contributed by atoms with Gasteiger partial charge in [0.1, 0.15) is 18.1 Å². The summed E-state index contributed by atoms with van der Waals surface area (Å²) in [6, 6.07) is 14.2. The summed E-state index contributed by atoms with van der Waals surface area (Å²) < 4.78 is 32.9. The minimum atomic E-state index is -3.54. The molecule has 0 unspecified atom stereocenters. The van der Waals surface area contributed by atoms with Crippen molar-refractivity contribution in [3.05, 3.63) is 59.7 Å². The monoisotopic (exact) mass is 449 g/mol. The molecule has 2 aromatic carbocycles. The Bertz CT molecular complexity index is 985. The van der Waals surface area contributed by atoms with Gasteiger partial charge in [0.05, 0.1) is 25.0 Å². The van der Waals surface area contributed by atoms with Crippen molar-refractivity contribution in [3.8, 4) is 11.5 Å². The van der Waals surface area contributed by atoms with Crippen LogP contribution in [0.2, 0.25) is 0 Å². The van der Waals surface area contributed by atoms with E-state index in [0.29, 0.717) is 37.5 Å². The van der Waals surface area contributed by atoms with Gasteiger partial charge in [-0.3, -0.25) is 4.79 Å². The Labute approximate surface area is 182 Å². The van der Waals surface area contributed by atoms with E-state index in [1.807, 2.05) is 31.2 Å². The maximum Gasteiger partial charge on any atom is 0.309 e. The average Bonchev–Trinajstić information content (AvgIpc) is 2.68. The van der Waals surface area contributed by atoms with E-state index in [4.69, 9.17) is 18.9 Å². The molecule has 0 aliphatic heterocycles. The predicted molar refractivity (Wildman–Crippen MR) is 117 cm³/mol. The topological polar surface area (TPSA) is 111 Å². The highest BCUT2D eigenvalue weighted by atomic mass is 32.2. The maximum absolute atomic E-state index is 11.1. The summed E-state index contributed by atoms with van der Waals surface area (Å²) in [6.45, 7) is 2.81. The third-order valence-corrected chi connectivity index (χ3v) is 4.48. The lowest BCUT2D eigenvalue weighted by Gasteiger charge is -2.10. The van der Waals surface area contributed by atoms with Crippen molar-refractivity contribution in [1.29, 1.82) is 0 Å². The summed E-state index contributed by atoms with van der Waals surface area (Å²) in [5.74, 6) is -0.0282. The van der Waals surface area contributed by atoms with Crippen LogP contribution in [0.5, 0.6) is 11.5 Å². The van der Waals surface area contributed by atoms with Crippen molar-refractivity contribution < 1.29 is 32.1 Å². The van der Waals surface area contributed by atoms with Crippen LogP contribution in [0.15, 0.2) is 53.7 Å². The van der Waals surface area contributed by atoms with E-state index in [1.165, 1.54) is 0 Å². The molecule has 0 atom stereocenters. The maximum atomic E-state index is 11.1. The first kappa shape index (κ1) is 24.2. The van der Waals surface area contributed by atoms with Gasteiger partial charge in [0.2, 0.25) is 0 Å². The SMILES string of the molecule is CCCO/N=C(/CC(=O)O)Cc1cccc(OCCc2ccc(OS(C)(=O)=O)cc2)c1. The molecular weight excluding hydrogens is 422 g/mol. The van der Waals surface area contributed by atoms with Gasteiger partial charge in [-0.2, -0.15) is 8.42 Å². The fraction of sp³-hybridized carbons (Fsp3) is 0.364. The summed E-state index contributed by atoms with van der Waals surface area (Å²) in [6.07, 6.45) is 2.58. The molecule has 0 radical (unpaired) electrons. The van der Waals surface area contributed by atoms with E-state index in [-0.39, 0.29) is 12.2 Å². The van der Waals surface area contributed by atoms with Crippen LogP contribution in [0, 0.1) is 0 Å². The largest absolute Gasteiger partial charge is 0.493 e. The van der Waals surface area contributed by atoms with Crippen molar-refractivity contribution >= 4 is 21.8 Å². The van der Waals surface area contributed by atoms with E-state index in [2.05, 4.69) is 5.16 Å². The lowest BCUT2D eigenvalue weighted by molar-refractivity contribution is -0.135. The third kappa shape index (κ3) is 9.99. The van der Waals surface area contributed by atoms with E-state index < -0.39 is 16.1 Å². The molecule has 0 saturated carbocycles. The molecule has 168 valence electrons. The van der Waals surface area contributed by atoms with Crippen LogP contribution in [0.3, 0.4) is 0 Å². The van der Waals surface area contributed by atoms with Crippen LogP contribution in [0.1, 0.15) is 30.9 Å². The number of nitrogens with zero attached hydrogens (tertiary/aromatic N) is 1. The lowest BCUT2D eigenvalue weighted by Crippen LogP contribution is -2.11. The smallest absolute Gasteiger partial charge is 0.309 e. The van der Waals surface area contributed by atoms with Gasteiger partial charge in [0.15, 0.2) is 0 Å². The number of aliphatic carboxylic acids is 1. The van der Waals surface area contributed by atoms with Crippen molar-refractivity contribution in [2.45, 2.75) is 32.6 Å². The molecule has 31 heavy (non-hydrogen) atoms. The highest BCUT2D eigenvalue weighted by molar-refractivity contribution is 7.86. The van der Waals surface area contributed by atoms with E-state index in [1.54, 1.807) is 24.3 Å². The summed E-state index contributed by atoms with van der Waals surface area (Å²) in [5.41, 5.74) is 2.29. The molecule has 0 heterocycles. The van der Waals surface area contributed by atoms with Crippen molar-refractivity contribution in [3.63, 3.8) is 0 Å². The Kier molecular flexibility index (Phi) is 9.33. The Hall–Kier alpha value is -3.07. The van der Waals surface area contributed by atoms with Crippen molar-refractivity contribution in [2.24, 2.45) is 5.16 Å². The molecule has 1 N–H and O–H groups in total. The third-order valence-electron chi connectivity index (χ3n) is 3.98. The average molecular weight is 450 g/mol. The Balaban J connectivity index is 1.91. The van der Waals surface area contributed by atoms with E-state index in [9.17, 15) is 13.2 Å². The summed E-state index contributed by atoms with van der Waals surface area (Å²) >= 11 is 0. The number of rotatable bonds is 13. The molecule has 0 fully saturated rings. The van der Waals surface area contributed by atoms with Gasteiger partial charge >= 0.3 is 16.1 Å². The molecule has 9 heteroatoms. The molecule has 0 amide bonds. The molecule has 0 bridgehead atoms. The molecule has 0 saturated heterocycles. The summed E-state index contributed by atoms with van der Waals surface area (Å²) in [4.78, 5) is 16.2. The lowest BCUT2D eigenvalue weighted by atomic mass is 10.1. The van der Waals surface area contributed by atoms with Crippen LogP contribution in [0.25, 0.3) is 0 Å². The highest BCUT2D eigenvalue weighted by Crippen LogP contribution is 2.17. The fourth-order valence-corrected chi connectivity index (χ4v) is 3.14. The zero-order valence-corrected chi connectivity index (χ0v) is 18.4. The number of carbonyl (C=O) groups is 1. The molecule has 8 nitrogen and oxygen atoms in total. The number of ether oxygens (including phenoxy) is 1. The second-order valence-corrected chi connectivity index (χ2v) is 8.49. The summed E-state index contributed by atoms with van der Waals surface area (Å²) in [7, 11) is -3.54. The van der Waals surface area contributed by atoms with E-state index in [0.717, 1.165) is 23.8 Å². The molecule has 2 aromatic rings. The number of hydrogen-bond donors (Lipinski definition) is 1. The molecule has 0 aromatic heterocycles. The van der Waals surface area contributed by atoms with Gasteiger partial charge in [0, 0.05) is 12.8 Å². The minimum Gasteiger partial charge on any atom is -0.493 e. The molecule has 2 rings (SSSR count). The predicted octanol–water partition coefficient (Wildman–Crippen LogP) is 3.45. The number of benzene rings is 2. The van der Waals surface area contributed by atoms with Gasteiger partial charge in [-0.25, -0.2) is 0 Å². The number of carboxylic acid groups (broad SMARTS) is 1. The zero-order valence-electron chi connectivity index (χ0n) is 17.6. The Morgan fingerprint density at radius 2 is 1.77 bits per heavy atom. The molecule has 0 spiro atoms. The van der Waals surface area contributed by atoms with Crippen molar-refractivity contribution in [2.75, 3.05) is 19.5 Å². The van der Waals surface area contributed by atoms with Crippen LogP contribution in [0.4, 0.5) is 0 Å². The Morgan fingerprint density at radius 3 is 2.42 bits per heavy atom. The van der Waals surface area contributed by atoms with E-state index >= 15 is 0 Å². The van der Waals surface area contributed by atoms with Crippen LogP contribution < -0.4 is 8.92 Å². The fourth-order valence-electron chi connectivity index (χ4n) is 2.68. The first-order chi connectivity index (χ1) is 14.7. The number of carboxylic acids is 1. The first-order valence-electron chi connectivity index (χ1n) is 9.85.